The average Bonchev–Trinajstić information content (AvgIpc) is 3.63. The summed E-state index contributed by atoms with van der Waals surface area (Å²) in [7, 11) is 0. The van der Waals surface area contributed by atoms with Crippen molar-refractivity contribution in [2.24, 2.45) is 0 Å². The van der Waals surface area contributed by atoms with Crippen molar-refractivity contribution in [1.29, 1.82) is 0 Å². The monoisotopic (exact) mass is 599 g/mol. The quantitative estimate of drug-likeness (QED) is 0.184. The second kappa shape index (κ2) is 10.9. The maximum absolute atomic E-state index is 4.08. The van der Waals surface area contributed by atoms with Crippen molar-refractivity contribution in [2.45, 2.75) is 6.92 Å². The normalized spacial score (nSPS) is 11.8. The van der Waals surface area contributed by atoms with Crippen molar-refractivity contribution >= 4 is 92.9 Å². The van der Waals surface area contributed by atoms with Crippen LogP contribution in [0.3, 0.4) is 0 Å². The lowest BCUT2D eigenvalue weighted by molar-refractivity contribution is 1.30. The summed E-state index contributed by atoms with van der Waals surface area (Å²) in [5.74, 6) is 0. The van der Waals surface area contributed by atoms with Gasteiger partial charge in [-0.05, 0) is 78.0 Å². The van der Waals surface area contributed by atoms with Crippen LogP contribution in [0.1, 0.15) is 17.4 Å². The molecular weight excluding hydrogens is 571 g/mol. The van der Waals surface area contributed by atoms with E-state index < -0.39 is 0 Å². The maximum atomic E-state index is 4.08. The van der Waals surface area contributed by atoms with Gasteiger partial charge in [0.25, 0.3) is 0 Å². The highest BCUT2D eigenvalue weighted by molar-refractivity contribution is 7.25. The molecule has 8 rings (SSSR count). The highest BCUT2D eigenvalue weighted by atomic mass is 32.1. The van der Waals surface area contributed by atoms with E-state index in [1.165, 1.54) is 62.6 Å². The molecule has 0 aliphatic heterocycles. The number of rotatable bonds is 6. The molecule has 2 heterocycles. The molecule has 8 aromatic rings. The van der Waals surface area contributed by atoms with E-state index in [1.807, 2.05) is 17.4 Å². The van der Waals surface area contributed by atoms with E-state index >= 15 is 0 Å². The second-order valence-electron chi connectivity index (χ2n) is 11.0. The summed E-state index contributed by atoms with van der Waals surface area (Å²) in [6.45, 7) is 6.16. The van der Waals surface area contributed by atoms with Crippen LogP contribution < -0.4 is 4.90 Å². The summed E-state index contributed by atoms with van der Waals surface area (Å²) in [6, 6.07) is 46.6. The first-order valence-electron chi connectivity index (χ1n) is 14.8. The molecular formula is C41H29NS2. The molecule has 2 aromatic heterocycles. The number of anilines is 3. The number of hydrogen-bond acceptors (Lipinski definition) is 3. The van der Waals surface area contributed by atoms with E-state index in [0.717, 1.165) is 17.1 Å². The Bertz CT molecular complexity index is 2360. The Balaban J connectivity index is 1.28. The van der Waals surface area contributed by atoms with Crippen molar-refractivity contribution in [1.82, 2.24) is 0 Å². The van der Waals surface area contributed by atoms with Gasteiger partial charge in [0.1, 0.15) is 0 Å². The largest absolute Gasteiger partial charge is 0.310 e. The minimum absolute atomic E-state index is 1.12. The Morgan fingerprint density at radius 2 is 1.25 bits per heavy atom. The summed E-state index contributed by atoms with van der Waals surface area (Å²) in [5.41, 5.74) is 7.09. The lowest BCUT2D eigenvalue weighted by Gasteiger charge is -2.27. The van der Waals surface area contributed by atoms with Gasteiger partial charge in [0, 0.05) is 57.5 Å². The minimum atomic E-state index is 1.12. The molecule has 3 heteroatoms. The Kier molecular flexibility index (Phi) is 6.63. The molecule has 0 aliphatic rings. The third-order valence-corrected chi connectivity index (χ3v) is 10.7. The Labute approximate surface area is 265 Å². The summed E-state index contributed by atoms with van der Waals surface area (Å²) in [5, 5.41) is 6.35. The Morgan fingerprint density at radius 1 is 0.568 bits per heavy atom. The third kappa shape index (κ3) is 4.44. The van der Waals surface area contributed by atoms with Crippen molar-refractivity contribution in [2.75, 3.05) is 4.90 Å². The Morgan fingerprint density at radius 3 is 2.09 bits per heavy atom. The number of nitrogens with zero attached hydrogens (tertiary/aromatic N) is 1. The fraction of sp³-hybridized carbons (Fsp3) is 0.0244. The molecule has 0 saturated carbocycles. The zero-order chi connectivity index (χ0) is 29.6. The van der Waals surface area contributed by atoms with Crippen LogP contribution >= 0.6 is 22.7 Å². The molecule has 1 nitrogen and oxygen atoms in total. The first kappa shape index (κ1) is 26.7. The summed E-state index contributed by atoms with van der Waals surface area (Å²) in [4.78, 5) is 3.60. The molecule has 0 aliphatic carbocycles. The van der Waals surface area contributed by atoms with Gasteiger partial charge in [0.2, 0.25) is 0 Å². The number of fused-ring (bicyclic) bond motifs is 5. The Hall–Kier alpha value is -4.96. The lowest BCUT2D eigenvalue weighted by Crippen LogP contribution is -2.10. The topological polar surface area (TPSA) is 3.24 Å². The number of allylic oxidation sites excluding steroid dienone is 1. The van der Waals surface area contributed by atoms with E-state index in [9.17, 15) is 0 Å². The predicted molar refractivity (Wildman–Crippen MR) is 197 cm³/mol. The van der Waals surface area contributed by atoms with Crippen LogP contribution in [0.15, 0.2) is 140 Å². The standard InChI is InChI=1S/C41H29NS2/c1-3-10-33-36-26-31(22-24-41(36)43-38(33)4-2)42(37-15-9-12-28-11-5-6-13-32(28)37)30-20-17-27(18-21-30)29-19-23-40-35(25-29)34-14-7-8-16-39(34)44-40/h3-26H,2H2,1H3/b10-3-. The molecule has 44 heavy (non-hydrogen) atoms. The van der Waals surface area contributed by atoms with Gasteiger partial charge in [-0.1, -0.05) is 97.6 Å². The molecule has 0 bridgehead atoms. The maximum Gasteiger partial charge on any atom is 0.0540 e. The summed E-state index contributed by atoms with van der Waals surface area (Å²) in [6.07, 6.45) is 6.28. The molecule has 0 N–H and O–H groups in total. The van der Waals surface area contributed by atoms with Gasteiger partial charge in [-0.2, -0.15) is 0 Å². The second-order valence-corrected chi connectivity index (χ2v) is 13.1. The van der Waals surface area contributed by atoms with Gasteiger partial charge in [-0.3, -0.25) is 0 Å². The van der Waals surface area contributed by atoms with E-state index in [4.69, 9.17) is 0 Å². The number of thiophene rings is 2. The van der Waals surface area contributed by atoms with Crippen molar-refractivity contribution in [3.8, 4) is 11.1 Å². The molecule has 0 fully saturated rings. The van der Waals surface area contributed by atoms with Crippen LogP contribution in [-0.4, -0.2) is 0 Å². The predicted octanol–water partition coefficient (Wildman–Crippen LogP) is 13.2. The van der Waals surface area contributed by atoms with Gasteiger partial charge in [0.05, 0.1) is 5.69 Å². The molecule has 0 atom stereocenters. The van der Waals surface area contributed by atoms with Gasteiger partial charge >= 0.3 is 0 Å². The average molecular weight is 600 g/mol. The van der Waals surface area contributed by atoms with Gasteiger partial charge < -0.3 is 4.90 Å². The SMILES string of the molecule is C=Cc1sc2ccc(N(c3ccc(-c4ccc5sc6ccccc6c5c4)cc3)c3cccc4ccccc34)cc2c1/C=C\C. The fourth-order valence-corrected chi connectivity index (χ4v) is 8.40. The zero-order valence-corrected chi connectivity index (χ0v) is 26.0. The van der Waals surface area contributed by atoms with Crippen LogP contribution in [0.5, 0.6) is 0 Å². The molecule has 210 valence electrons. The first-order chi connectivity index (χ1) is 21.7. The highest BCUT2D eigenvalue weighted by Gasteiger charge is 2.18. The summed E-state index contributed by atoms with van der Waals surface area (Å²) < 4.78 is 3.93. The molecule has 6 aromatic carbocycles. The van der Waals surface area contributed by atoms with Crippen molar-refractivity contribution in [3.63, 3.8) is 0 Å². The van der Waals surface area contributed by atoms with Crippen molar-refractivity contribution in [3.05, 3.63) is 150 Å². The van der Waals surface area contributed by atoms with Gasteiger partial charge in [0.15, 0.2) is 0 Å². The summed E-state index contributed by atoms with van der Waals surface area (Å²) >= 11 is 3.65. The van der Waals surface area contributed by atoms with E-state index in [2.05, 4.69) is 158 Å². The zero-order valence-electron chi connectivity index (χ0n) is 24.3. The van der Waals surface area contributed by atoms with E-state index in [1.54, 1.807) is 11.3 Å². The molecule has 0 unspecified atom stereocenters. The molecule has 0 saturated heterocycles. The minimum Gasteiger partial charge on any atom is -0.310 e. The molecule has 0 radical (unpaired) electrons. The van der Waals surface area contributed by atoms with Crippen LogP contribution in [0.4, 0.5) is 17.1 Å². The third-order valence-electron chi connectivity index (χ3n) is 8.36. The molecule has 0 spiro atoms. The van der Waals surface area contributed by atoms with E-state index in [0.29, 0.717) is 0 Å². The van der Waals surface area contributed by atoms with Crippen molar-refractivity contribution < 1.29 is 0 Å². The van der Waals surface area contributed by atoms with Gasteiger partial charge in [-0.25, -0.2) is 0 Å². The highest BCUT2D eigenvalue weighted by Crippen LogP contribution is 2.43. The first-order valence-corrected chi connectivity index (χ1v) is 16.5. The van der Waals surface area contributed by atoms with Crippen LogP contribution in [-0.2, 0) is 0 Å². The van der Waals surface area contributed by atoms with Crippen LogP contribution in [0.2, 0.25) is 0 Å². The smallest absolute Gasteiger partial charge is 0.0540 e. The number of benzene rings is 6. The van der Waals surface area contributed by atoms with Gasteiger partial charge in [-0.15, -0.1) is 22.7 Å². The fourth-order valence-electron chi connectivity index (χ4n) is 6.29. The van der Waals surface area contributed by atoms with Crippen LogP contribution in [0.25, 0.3) is 64.3 Å². The lowest BCUT2D eigenvalue weighted by atomic mass is 10.0. The van der Waals surface area contributed by atoms with E-state index in [-0.39, 0.29) is 0 Å². The number of hydrogen-bond donors (Lipinski definition) is 0. The van der Waals surface area contributed by atoms with Crippen LogP contribution in [0, 0.1) is 0 Å². The molecule has 0 amide bonds.